The second-order valence-corrected chi connectivity index (χ2v) is 8.55. The van der Waals surface area contributed by atoms with E-state index >= 15 is 0 Å². The molecule has 0 saturated carbocycles. The summed E-state index contributed by atoms with van der Waals surface area (Å²) in [5.41, 5.74) is 1.16. The normalized spacial score (nSPS) is 28.1. The first-order valence-electron chi connectivity index (χ1n) is 8.47. The van der Waals surface area contributed by atoms with E-state index in [0.717, 1.165) is 25.2 Å². The van der Waals surface area contributed by atoms with E-state index in [-0.39, 0.29) is 12.2 Å². The van der Waals surface area contributed by atoms with E-state index in [1.165, 1.54) is 0 Å². The largest absolute Gasteiger partial charge is 0.373 e. The van der Waals surface area contributed by atoms with Gasteiger partial charge in [0.25, 0.3) is 10.2 Å². The predicted molar refractivity (Wildman–Crippen MR) is 91.6 cm³/mol. The van der Waals surface area contributed by atoms with Crippen LogP contribution in [0.4, 0.5) is 0 Å². The van der Waals surface area contributed by atoms with Crippen LogP contribution in [0.2, 0.25) is 0 Å². The molecule has 2 saturated heterocycles. The molecule has 1 aromatic heterocycles. The molecule has 8 heteroatoms. The van der Waals surface area contributed by atoms with Gasteiger partial charge in [-0.25, -0.2) is 0 Å². The average molecular weight is 354 g/mol. The third kappa shape index (κ3) is 4.12. The maximum absolute atomic E-state index is 12.9. The molecule has 134 valence electrons. The molecule has 0 aliphatic carbocycles. The Morgan fingerprint density at radius 2 is 1.79 bits per heavy atom. The van der Waals surface area contributed by atoms with Gasteiger partial charge in [0.2, 0.25) is 0 Å². The molecule has 24 heavy (non-hydrogen) atoms. The number of morpholine rings is 1. The summed E-state index contributed by atoms with van der Waals surface area (Å²) in [6.07, 6.45) is 3.50. The fourth-order valence-electron chi connectivity index (χ4n) is 3.35. The van der Waals surface area contributed by atoms with E-state index in [1.807, 2.05) is 32.2 Å². The summed E-state index contributed by atoms with van der Waals surface area (Å²) in [6, 6.07) is 3.98. The van der Waals surface area contributed by atoms with Crippen LogP contribution in [0, 0.1) is 0 Å². The molecule has 0 unspecified atom stereocenters. The first-order valence-corrected chi connectivity index (χ1v) is 9.87. The zero-order chi connectivity index (χ0) is 17.2. The van der Waals surface area contributed by atoms with Crippen molar-refractivity contribution in [3.05, 3.63) is 30.1 Å². The molecule has 0 radical (unpaired) electrons. The lowest BCUT2D eigenvalue weighted by Gasteiger charge is -2.40. The summed E-state index contributed by atoms with van der Waals surface area (Å²) in [6.45, 7) is 8.06. The molecule has 0 amide bonds. The van der Waals surface area contributed by atoms with Gasteiger partial charge in [0, 0.05) is 58.2 Å². The number of nitrogens with zero attached hydrogens (tertiary/aromatic N) is 4. The highest BCUT2D eigenvalue weighted by molar-refractivity contribution is 7.86. The molecule has 2 aliphatic heterocycles. The minimum absolute atomic E-state index is 0.0598. The van der Waals surface area contributed by atoms with Crippen molar-refractivity contribution in [3.8, 4) is 0 Å². The lowest BCUT2D eigenvalue weighted by Crippen LogP contribution is -2.57. The van der Waals surface area contributed by atoms with Gasteiger partial charge in [-0.2, -0.15) is 17.0 Å². The molecule has 0 bridgehead atoms. The monoisotopic (exact) mass is 354 g/mol. The Balaban J connectivity index is 1.57. The summed E-state index contributed by atoms with van der Waals surface area (Å²) >= 11 is 0. The fraction of sp³-hybridized carbons (Fsp3) is 0.688. The quantitative estimate of drug-likeness (QED) is 0.790. The summed E-state index contributed by atoms with van der Waals surface area (Å²) in [5.74, 6) is 0. The molecule has 7 nitrogen and oxygen atoms in total. The van der Waals surface area contributed by atoms with Crippen molar-refractivity contribution in [2.45, 2.75) is 32.6 Å². The molecule has 0 aromatic carbocycles. The number of hydrogen-bond acceptors (Lipinski definition) is 5. The van der Waals surface area contributed by atoms with Gasteiger partial charge in [-0.3, -0.25) is 9.88 Å². The Morgan fingerprint density at radius 1 is 1.12 bits per heavy atom. The highest BCUT2D eigenvalue weighted by atomic mass is 32.2. The van der Waals surface area contributed by atoms with E-state index in [4.69, 9.17) is 4.74 Å². The number of piperazine rings is 1. The van der Waals surface area contributed by atoms with Crippen molar-refractivity contribution >= 4 is 10.2 Å². The molecule has 0 spiro atoms. The summed E-state index contributed by atoms with van der Waals surface area (Å²) in [4.78, 5) is 6.40. The smallest absolute Gasteiger partial charge is 0.282 e. The van der Waals surface area contributed by atoms with Crippen LogP contribution in [0.25, 0.3) is 0 Å². The maximum atomic E-state index is 12.9. The van der Waals surface area contributed by atoms with E-state index in [0.29, 0.717) is 26.2 Å². The fourth-order valence-corrected chi connectivity index (χ4v) is 5.10. The number of hydrogen-bond donors (Lipinski definition) is 0. The van der Waals surface area contributed by atoms with Crippen LogP contribution in [-0.2, 0) is 21.5 Å². The van der Waals surface area contributed by atoms with Gasteiger partial charge in [-0.15, -0.1) is 0 Å². The molecule has 3 rings (SSSR count). The van der Waals surface area contributed by atoms with Crippen LogP contribution < -0.4 is 0 Å². The number of pyridine rings is 1. The van der Waals surface area contributed by atoms with Gasteiger partial charge in [-0.05, 0) is 25.5 Å². The van der Waals surface area contributed by atoms with Crippen LogP contribution in [0.5, 0.6) is 0 Å². The first-order chi connectivity index (χ1) is 11.4. The Morgan fingerprint density at radius 3 is 2.38 bits per heavy atom. The number of aromatic nitrogens is 1. The number of rotatable bonds is 4. The Kier molecular flexibility index (Phi) is 5.51. The summed E-state index contributed by atoms with van der Waals surface area (Å²) < 4.78 is 34.6. The topological polar surface area (TPSA) is 66.0 Å². The zero-order valence-corrected chi connectivity index (χ0v) is 15.2. The maximum Gasteiger partial charge on any atom is 0.282 e. The SMILES string of the molecule is C[C@@H]1CN(S(=O)(=O)N2CCN(Cc3cccnc3)CC2)C[C@@H](C)O1. The van der Waals surface area contributed by atoms with Gasteiger partial charge in [0.1, 0.15) is 0 Å². The van der Waals surface area contributed by atoms with Crippen molar-refractivity contribution in [1.29, 1.82) is 0 Å². The van der Waals surface area contributed by atoms with Gasteiger partial charge in [0.05, 0.1) is 12.2 Å². The molecular formula is C16H26N4O3S. The summed E-state index contributed by atoms with van der Waals surface area (Å²) in [7, 11) is -3.40. The average Bonchev–Trinajstić information content (AvgIpc) is 2.55. The third-order valence-electron chi connectivity index (χ3n) is 4.50. The van der Waals surface area contributed by atoms with Crippen LogP contribution in [0.15, 0.2) is 24.5 Å². The lowest BCUT2D eigenvalue weighted by molar-refractivity contribution is -0.0457. The predicted octanol–water partition coefficient (Wildman–Crippen LogP) is 0.553. The van der Waals surface area contributed by atoms with E-state index in [2.05, 4.69) is 9.88 Å². The van der Waals surface area contributed by atoms with Gasteiger partial charge in [-0.1, -0.05) is 6.07 Å². The Labute approximate surface area is 144 Å². The third-order valence-corrected chi connectivity index (χ3v) is 6.47. The standard InChI is InChI=1S/C16H26N4O3S/c1-14-11-20(12-15(2)23-14)24(21,22)19-8-6-18(7-9-19)13-16-4-3-5-17-10-16/h3-5,10,14-15H,6-9,11-13H2,1-2H3/t14-,15-/m1/s1. The molecular weight excluding hydrogens is 328 g/mol. The van der Waals surface area contributed by atoms with Gasteiger partial charge >= 0.3 is 0 Å². The van der Waals surface area contributed by atoms with Crippen molar-refractivity contribution in [2.75, 3.05) is 39.3 Å². The van der Waals surface area contributed by atoms with Crippen LogP contribution in [0.1, 0.15) is 19.4 Å². The van der Waals surface area contributed by atoms with Crippen molar-refractivity contribution in [1.82, 2.24) is 18.5 Å². The molecule has 3 heterocycles. The van der Waals surface area contributed by atoms with E-state index < -0.39 is 10.2 Å². The molecule has 0 N–H and O–H groups in total. The van der Waals surface area contributed by atoms with Crippen molar-refractivity contribution in [3.63, 3.8) is 0 Å². The summed E-state index contributed by atoms with van der Waals surface area (Å²) in [5, 5.41) is 0. The molecule has 2 atom stereocenters. The van der Waals surface area contributed by atoms with Crippen molar-refractivity contribution < 1.29 is 13.2 Å². The van der Waals surface area contributed by atoms with Gasteiger partial charge in [0.15, 0.2) is 0 Å². The Hall–Kier alpha value is -1.06. The minimum atomic E-state index is -3.40. The van der Waals surface area contributed by atoms with E-state index in [1.54, 1.807) is 14.8 Å². The van der Waals surface area contributed by atoms with Crippen LogP contribution in [0.3, 0.4) is 0 Å². The zero-order valence-electron chi connectivity index (χ0n) is 14.3. The molecule has 2 fully saturated rings. The van der Waals surface area contributed by atoms with Gasteiger partial charge < -0.3 is 4.74 Å². The molecule has 2 aliphatic rings. The van der Waals surface area contributed by atoms with Crippen molar-refractivity contribution in [2.24, 2.45) is 0 Å². The second kappa shape index (κ2) is 7.45. The second-order valence-electron chi connectivity index (χ2n) is 6.62. The number of ether oxygens (including phenoxy) is 1. The first kappa shape index (κ1) is 17.8. The van der Waals surface area contributed by atoms with Crippen LogP contribution >= 0.6 is 0 Å². The Bertz CT molecular complexity index is 622. The van der Waals surface area contributed by atoms with E-state index in [9.17, 15) is 8.42 Å². The lowest BCUT2D eigenvalue weighted by atomic mass is 10.2. The highest BCUT2D eigenvalue weighted by Crippen LogP contribution is 2.19. The minimum Gasteiger partial charge on any atom is -0.373 e. The highest BCUT2D eigenvalue weighted by Gasteiger charge is 2.36. The van der Waals surface area contributed by atoms with Crippen LogP contribution in [-0.4, -0.2) is 78.4 Å². The molecule has 1 aromatic rings.